The second kappa shape index (κ2) is 11.9. The Morgan fingerprint density at radius 2 is 2.11 bits per heavy atom. The van der Waals surface area contributed by atoms with Crippen LogP contribution in [0.5, 0.6) is 0 Å². The fourth-order valence-electron chi connectivity index (χ4n) is 5.55. The van der Waals surface area contributed by atoms with Crippen molar-refractivity contribution in [2.75, 3.05) is 50.1 Å². The number of benzene rings is 1. The van der Waals surface area contributed by atoms with E-state index in [0.29, 0.717) is 35.6 Å². The van der Waals surface area contributed by atoms with Crippen molar-refractivity contribution in [3.05, 3.63) is 40.4 Å². The summed E-state index contributed by atoms with van der Waals surface area (Å²) in [5.74, 6) is -0.495. The topological polar surface area (TPSA) is 96.0 Å². The number of amides is 2. The molecule has 0 spiro atoms. The fourth-order valence-corrected chi connectivity index (χ4v) is 6.39. The summed E-state index contributed by atoms with van der Waals surface area (Å²) in [7, 11) is 1.72. The maximum absolute atomic E-state index is 13.1. The Morgan fingerprint density at radius 1 is 1.22 bits per heavy atom. The first-order valence-corrected chi connectivity index (χ1v) is 14.2. The molecule has 200 valence electrons. The number of ether oxygens (including phenoxy) is 2. The van der Waals surface area contributed by atoms with Gasteiger partial charge in [0.1, 0.15) is 5.69 Å². The van der Waals surface area contributed by atoms with Crippen LogP contribution in [-0.2, 0) is 16.0 Å². The molecule has 37 heavy (non-hydrogen) atoms. The summed E-state index contributed by atoms with van der Waals surface area (Å²) < 4.78 is 11.4. The van der Waals surface area contributed by atoms with Crippen molar-refractivity contribution in [3.63, 3.8) is 0 Å². The molecular weight excluding hydrogens is 490 g/mol. The molecule has 1 aromatic heterocycles. The van der Waals surface area contributed by atoms with E-state index < -0.39 is 0 Å². The van der Waals surface area contributed by atoms with Gasteiger partial charge in [0, 0.05) is 51.3 Å². The maximum atomic E-state index is 13.1. The lowest BCUT2D eigenvalue weighted by Gasteiger charge is -2.37. The molecular formula is C27H37N5O4S. The molecule has 0 radical (unpaired) electrons. The lowest BCUT2D eigenvalue weighted by molar-refractivity contribution is -0.0588. The Balaban J connectivity index is 1.31. The number of morpholine rings is 1. The molecule has 1 aromatic carbocycles. The van der Waals surface area contributed by atoms with Crippen molar-refractivity contribution >= 4 is 34.0 Å². The van der Waals surface area contributed by atoms with E-state index in [4.69, 9.17) is 9.47 Å². The van der Waals surface area contributed by atoms with Gasteiger partial charge in [0.15, 0.2) is 5.13 Å². The van der Waals surface area contributed by atoms with Crippen molar-refractivity contribution in [1.29, 1.82) is 0 Å². The summed E-state index contributed by atoms with van der Waals surface area (Å²) in [6.45, 7) is 6.65. The van der Waals surface area contributed by atoms with Gasteiger partial charge in [-0.1, -0.05) is 13.0 Å². The van der Waals surface area contributed by atoms with Crippen LogP contribution in [0.15, 0.2) is 23.6 Å². The number of nitrogens with one attached hydrogen (secondary N) is 2. The van der Waals surface area contributed by atoms with Gasteiger partial charge >= 0.3 is 0 Å². The monoisotopic (exact) mass is 527 g/mol. The number of rotatable bonds is 9. The highest BCUT2D eigenvalue weighted by Crippen LogP contribution is 2.31. The van der Waals surface area contributed by atoms with Crippen molar-refractivity contribution in [1.82, 2.24) is 15.2 Å². The standard InChI is InChI=1S/C27H37N5O4S/c1-3-10-28-25(33)20-14-18(15-31-12-13-36-24-6-4-5-23(24)31)7-8-21(20)29-26(34)22-17-37-27(30-22)32-11-9-19(16-32)35-2/h7-8,14,17,19,23-24H,3-6,9-13,15-16H2,1-2H3,(H,28,33)(H,29,34)/t19-,23-,24+/m0/s1. The van der Waals surface area contributed by atoms with E-state index in [9.17, 15) is 9.59 Å². The normalized spacial score (nSPS) is 23.7. The predicted molar refractivity (Wildman–Crippen MR) is 145 cm³/mol. The molecule has 2 amide bonds. The third kappa shape index (κ3) is 5.98. The predicted octanol–water partition coefficient (Wildman–Crippen LogP) is 3.51. The molecule has 1 saturated carbocycles. The Kier molecular flexibility index (Phi) is 8.39. The van der Waals surface area contributed by atoms with E-state index in [1.807, 2.05) is 25.1 Å². The van der Waals surface area contributed by atoms with Crippen molar-refractivity contribution in [3.8, 4) is 0 Å². The number of fused-ring (bicyclic) bond motifs is 1. The summed E-state index contributed by atoms with van der Waals surface area (Å²) in [6, 6.07) is 6.21. The average molecular weight is 528 g/mol. The number of aromatic nitrogens is 1. The first kappa shape index (κ1) is 26.1. The summed E-state index contributed by atoms with van der Waals surface area (Å²) in [4.78, 5) is 35.4. The molecule has 10 heteroatoms. The van der Waals surface area contributed by atoms with Crippen molar-refractivity contribution in [2.24, 2.45) is 0 Å². The first-order chi connectivity index (χ1) is 18.1. The van der Waals surface area contributed by atoms with Gasteiger partial charge in [0.25, 0.3) is 11.8 Å². The van der Waals surface area contributed by atoms with Crippen LogP contribution in [0.4, 0.5) is 10.8 Å². The highest BCUT2D eigenvalue weighted by Gasteiger charge is 2.36. The molecule has 2 aliphatic heterocycles. The van der Waals surface area contributed by atoms with E-state index in [0.717, 1.165) is 69.2 Å². The van der Waals surface area contributed by atoms with Crippen molar-refractivity contribution < 1.29 is 19.1 Å². The number of anilines is 2. The number of methoxy groups -OCH3 is 1. The lowest BCUT2D eigenvalue weighted by Crippen LogP contribution is -2.47. The van der Waals surface area contributed by atoms with Gasteiger partial charge in [-0.3, -0.25) is 14.5 Å². The summed E-state index contributed by atoms with van der Waals surface area (Å²) >= 11 is 1.45. The van der Waals surface area contributed by atoms with Crippen LogP contribution >= 0.6 is 11.3 Å². The highest BCUT2D eigenvalue weighted by molar-refractivity contribution is 7.14. The van der Waals surface area contributed by atoms with Crippen LogP contribution in [0.3, 0.4) is 0 Å². The Hall–Kier alpha value is -2.53. The number of hydrogen-bond donors (Lipinski definition) is 2. The quantitative estimate of drug-likeness (QED) is 0.515. The number of nitrogens with zero attached hydrogens (tertiary/aromatic N) is 3. The summed E-state index contributed by atoms with van der Waals surface area (Å²) in [5, 5.41) is 8.49. The smallest absolute Gasteiger partial charge is 0.275 e. The fraction of sp³-hybridized carbons (Fsp3) is 0.593. The molecule has 0 bridgehead atoms. The van der Waals surface area contributed by atoms with Gasteiger partial charge in [-0.15, -0.1) is 11.3 Å². The van der Waals surface area contributed by atoms with E-state index in [1.54, 1.807) is 12.5 Å². The SMILES string of the molecule is CCCNC(=O)c1cc(CN2CCO[C@@H]3CCC[C@@H]32)ccc1NC(=O)c1csc(N2CC[C@H](OC)C2)n1. The summed E-state index contributed by atoms with van der Waals surface area (Å²) in [5.41, 5.74) is 2.39. The molecule has 9 nitrogen and oxygen atoms in total. The molecule has 3 aliphatic rings. The van der Waals surface area contributed by atoms with Gasteiger partial charge in [0.2, 0.25) is 0 Å². The maximum Gasteiger partial charge on any atom is 0.275 e. The molecule has 0 unspecified atom stereocenters. The third-order valence-corrected chi connectivity index (χ3v) is 8.47. The molecule has 3 fully saturated rings. The van der Waals surface area contributed by atoms with E-state index in [-0.39, 0.29) is 17.9 Å². The van der Waals surface area contributed by atoms with E-state index in [2.05, 4.69) is 25.4 Å². The zero-order valence-corrected chi connectivity index (χ0v) is 22.5. The van der Waals surface area contributed by atoms with Gasteiger partial charge in [0.05, 0.1) is 30.1 Å². The van der Waals surface area contributed by atoms with Crippen LogP contribution in [-0.4, -0.2) is 79.8 Å². The zero-order chi connectivity index (χ0) is 25.8. The van der Waals surface area contributed by atoms with Crippen molar-refractivity contribution in [2.45, 2.75) is 63.8 Å². The lowest BCUT2D eigenvalue weighted by atomic mass is 10.0. The minimum atomic E-state index is -0.316. The Morgan fingerprint density at radius 3 is 2.92 bits per heavy atom. The van der Waals surface area contributed by atoms with Gasteiger partial charge in [-0.2, -0.15) is 0 Å². The Labute approximate surface area is 222 Å². The van der Waals surface area contributed by atoms with Crippen LogP contribution in [0.25, 0.3) is 0 Å². The zero-order valence-electron chi connectivity index (χ0n) is 21.7. The third-order valence-electron chi connectivity index (χ3n) is 7.57. The second-order valence-electron chi connectivity index (χ2n) is 10.1. The molecule has 2 N–H and O–H groups in total. The largest absolute Gasteiger partial charge is 0.380 e. The van der Waals surface area contributed by atoms with E-state index >= 15 is 0 Å². The van der Waals surface area contributed by atoms with Crippen LogP contribution < -0.4 is 15.5 Å². The second-order valence-corrected chi connectivity index (χ2v) is 10.9. The van der Waals surface area contributed by atoms with E-state index in [1.165, 1.54) is 17.8 Å². The van der Waals surface area contributed by atoms with Crippen LogP contribution in [0.2, 0.25) is 0 Å². The molecule has 2 saturated heterocycles. The van der Waals surface area contributed by atoms with Gasteiger partial charge < -0.3 is 25.0 Å². The summed E-state index contributed by atoms with van der Waals surface area (Å²) in [6.07, 6.45) is 5.79. The average Bonchev–Trinajstić information content (AvgIpc) is 3.68. The number of thiazole rings is 1. The highest BCUT2D eigenvalue weighted by atomic mass is 32.1. The Bertz CT molecular complexity index is 1110. The molecule has 1 aliphatic carbocycles. The van der Waals surface area contributed by atoms with Crippen LogP contribution in [0, 0.1) is 0 Å². The molecule has 5 rings (SSSR count). The number of carbonyl (C=O) groups excluding carboxylic acids is 2. The molecule has 3 atom stereocenters. The number of hydrogen-bond acceptors (Lipinski definition) is 8. The first-order valence-electron chi connectivity index (χ1n) is 13.4. The molecule has 2 aromatic rings. The minimum Gasteiger partial charge on any atom is -0.380 e. The minimum absolute atomic E-state index is 0.179. The van der Waals surface area contributed by atoms with Crippen LogP contribution in [0.1, 0.15) is 65.4 Å². The molecule has 3 heterocycles. The van der Waals surface area contributed by atoms with Gasteiger partial charge in [-0.25, -0.2) is 4.98 Å². The van der Waals surface area contributed by atoms with Gasteiger partial charge in [-0.05, 0) is 49.8 Å². The number of carbonyl (C=O) groups is 2.